The number of likely N-dealkylation sites (tertiary alicyclic amines) is 1. The minimum absolute atomic E-state index is 0.0501. The van der Waals surface area contributed by atoms with Gasteiger partial charge in [0.15, 0.2) is 5.96 Å². The fraction of sp³-hybridized carbons (Fsp3) is 0.667. The molecule has 0 bridgehead atoms. The van der Waals surface area contributed by atoms with Crippen LogP contribution >= 0.6 is 0 Å². The van der Waals surface area contributed by atoms with Crippen molar-refractivity contribution in [3.8, 4) is 0 Å². The smallest absolute Gasteiger partial charge is 0.383 e. The van der Waals surface area contributed by atoms with Gasteiger partial charge in [-0.1, -0.05) is 12.1 Å². The lowest BCUT2D eigenvalue weighted by molar-refractivity contribution is -0.137. The van der Waals surface area contributed by atoms with Gasteiger partial charge in [0.2, 0.25) is 0 Å². The predicted molar refractivity (Wildman–Crippen MR) is 110 cm³/mol. The van der Waals surface area contributed by atoms with Crippen molar-refractivity contribution in [2.45, 2.75) is 44.9 Å². The van der Waals surface area contributed by atoms with E-state index in [1.54, 1.807) is 19.2 Å². The monoisotopic (exact) mass is 414 g/mol. The number of rotatable bonds is 7. The van der Waals surface area contributed by atoms with E-state index in [2.05, 4.69) is 15.5 Å². The number of piperidine rings is 1. The first-order valence-corrected chi connectivity index (χ1v) is 10.2. The number of benzene rings is 1. The molecule has 0 radical (unpaired) electrons. The van der Waals surface area contributed by atoms with Crippen LogP contribution in [0.2, 0.25) is 0 Å². The highest BCUT2D eigenvalue weighted by atomic mass is 19.4. The van der Waals surface area contributed by atoms with E-state index in [9.17, 15) is 13.2 Å². The van der Waals surface area contributed by atoms with Gasteiger partial charge < -0.3 is 15.4 Å². The minimum atomic E-state index is -4.31. The van der Waals surface area contributed by atoms with E-state index in [0.717, 1.165) is 37.5 Å². The Bertz CT molecular complexity index is 648. The number of aliphatic imine (C=N–C) groups is 1. The fourth-order valence-electron chi connectivity index (χ4n) is 3.90. The third-order valence-corrected chi connectivity index (χ3v) is 5.21. The van der Waals surface area contributed by atoms with Crippen molar-refractivity contribution in [1.29, 1.82) is 0 Å². The molecular weight excluding hydrogens is 381 g/mol. The van der Waals surface area contributed by atoms with Crippen molar-refractivity contribution in [3.05, 3.63) is 35.4 Å². The number of guanidine groups is 1. The molecule has 1 aliphatic heterocycles. The highest BCUT2D eigenvalue weighted by Gasteiger charge is 2.33. The zero-order chi connectivity index (χ0) is 21.4. The van der Waals surface area contributed by atoms with Crippen LogP contribution in [0.25, 0.3) is 0 Å². The third kappa shape index (κ3) is 6.89. The van der Waals surface area contributed by atoms with Gasteiger partial charge in [0.25, 0.3) is 0 Å². The van der Waals surface area contributed by atoms with Crippen LogP contribution in [-0.2, 0) is 10.9 Å². The number of ether oxygens (including phenoxy) is 1. The Hall–Kier alpha value is -1.80. The summed E-state index contributed by atoms with van der Waals surface area (Å²) >= 11 is 0. The molecule has 2 rings (SSSR count). The molecule has 0 aromatic heterocycles. The molecule has 2 N–H and O–H groups in total. The fourth-order valence-corrected chi connectivity index (χ4v) is 3.90. The Morgan fingerprint density at radius 3 is 2.59 bits per heavy atom. The summed E-state index contributed by atoms with van der Waals surface area (Å²) in [6.07, 6.45) is -2.27. The Labute approximate surface area is 171 Å². The van der Waals surface area contributed by atoms with Gasteiger partial charge in [0.05, 0.1) is 12.2 Å². The van der Waals surface area contributed by atoms with Gasteiger partial charge in [0.1, 0.15) is 0 Å². The van der Waals surface area contributed by atoms with Crippen LogP contribution in [0, 0.1) is 5.92 Å². The van der Waals surface area contributed by atoms with Crippen LogP contribution in [0.3, 0.4) is 0 Å². The number of nitrogens with zero attached hydrogens (tertiary/aromatic N) is 2. The average molecular weight is 415 g/mol. The number of alkyl halides is 3. The minimum Gasteiger partial charge on any atom is -0.383 e. The summed E-state index contributed by atoms with van der Waals surface area (Å²) in [7, 11) is 3.69. The normalized spacial score (nSPS) is 22.4. The summed E-state index contributed by atoms with van der Waals surface area (Å²) in [5.74, 6) is 0.968. The highest BCUT2D eigenvalue weighted by molar-refractivity contribution is 5.80. The maximum Gasteiger partial charge on any atom is 0.416 e. The van der Waals surface area contributed by atoms with E-state index in [1.807, 2.05) is 20.9 Å². The Morgan fingerprint density at radius 1 is 1.31 bits per heavy atom. The summed E-state index contributed by atoms with van der Waals surface area (Å²) in [4.78, 5) is 6.98. The molecule has 1 aromatic rings. The molecule has 8 heteroatoms. The number of hydrogen-bond donors (Lipinski definition) is 2. The molecule has 1 saturated heterocycles. The molecule has 1 aromatic carbocycles. The molecule has 1 fully saturated rings. The molecule has 0 spiro atoms. The van der Waals surface area contributed by atoms with Gasteiger partial charge in [0, 0.05) is 32.3 Å². The lowest BCUT2D eigenvalue weighted by Gasteiger charge is -2.39. The zero-order valence-corrected chi connectivity index (χ0v) is 17.7. The number of methoxy groups -OCH3 is 1. The van der Waals surface area contributed by atoms with E-state index in [4.69, 9.17) is 9.73 Å². The highest BCUT2D eigenvalue weighted by Crippen LogP contribution is 2.37. The van der Waals surface area contributed by atoms with Crippen molar-refractivity contribution in [1.82, 2.24) is 15.5 Å². The number of halogens is 3. The molecule has 5 nitrogen and oxygen atoms in total. The molecule has 0 amide bonds. The van der Waals surface area contributed by atoms with Crippen molar-refractivity contribution in [2.75, 3.05) is 40.4 Å². The van der Waals surface area contributed by atoms with Gasteiger partial charge in [-0.3, -0.25) is 9.89 Å². The topological polar surface area (TPSA) is 48.9 Å². The third-order valence-electron chi connectivity index (χ3n) is 5.21. The Kier molecular flexibility index (Phi) is 8.77. The molecule has 0 aliphatic carbocycles. The van der Waals surface area contributed by atoms with Crippen molar-refractivity contribution in [2.24, 2.45) is 10.9 Å². The zero-order valence-electron chi connectivity index (χ0n) is 17.7. The average Bonchev–Trinajstić information content (AvgIpc) is 2.66. The van der Waals surface area contributed by atoms with Gasteiger partial charge in [-0.25, -0.2) is 0 Å². The maximum absolute atomic E-state index is 12.9. The molecular formula is C21H33F3N4O. The summed E-state index contributed by atoms with van der Waals surface area (Å²) in [5.41, 5.74) is 0.297. The summed E-state index contributed by atoms with van der Waals surface area (Å²) < 4.78 is 43.9. The van der Waals surface area contributed by atoms with Crippen molar-refractivity contribution < 1.29 is 17.9 Å². The van der Waals surface area contributed by atoms with E-state index in [0.29, 0.717) is 13.2 Å². The molecule has 29 heavy (non-hydrogen) atoms. The summed E-state index contributed by atoms with van der Waals surface area (Å²) in [6, 6.07) is 5.74. The van der Waals surface area contributed by atoms with E-state index in [1.165, 1.54) is 12.1 Å². The number of nitrogens with one attached hydrogen (secondary N) is 2. The SMILES string of the molecule is CCNC(=NCC1CCCN(C)C1c1ccc(C(F)(F)F)cc1)NC(C)COC. The van der Waals surface area contributed by atoms with Gasteiger partial charge in [-0.05, 0) is 63.9 Å². The molecule has 164 valence electrons. The second-order valence-corrected chi connectivity index (χ2v) is 7.67. The maximum atomic E-state index is 12.9. The Balaban J connectivity index is 2.16. The van der Waals surface area contributed by atoms with Crippen LogP contribution < -0.4 is 10.6 Å². The summed E-state index contributed by atoms with van der Waals surface area (Å²) in [6.45, 7) is 6.89. The molecule has 1 heterocycles. The van der Waals surface area contributed by atoms with Crippen LogP contribution in [0.5, 0.6) is 0 Å². The molecule has 3 atom stereocenters. The van der Waals surface area contributed by atoms with Crippen LogP contribution in [0.15, 0.2) is 29.3 Å². The Morgan fingerprint density at radius 2 is 2.00 bits per heavy atom. The standard InChI is InChI=1S/C21H33F3N4O/c1-5-25-20(27-15(2)14-29-4)26-13-17-7-6-12-28(3)19(17)16-8-10-18(11-9-16)21(22,23)24/h8-11,15,17,19H,5-7,12-14H2,1-4H3,(H2,25,26,27). The first-order valence-electron chi connectivity index (χ1n) is 10.2. The molecule has 3 unspecified atom stereocenters. The van der Waals surface area contributed by atoms with Gasteiger partial charge >= 0.3 is 6.18 Å². The van der Waals surface area contributed by atoms with Crippen LogP contribution in [-0.4, -0.2) is 57.3 Å². The van der Waals surface area contributed by atoms with Gasteiger partial charge in [-0.15, -0.1) is 0 Å². The first kappa shape index (κ1) is 23.5. The predicted octanol–water partition coefficient (Wildman–Crippen LogP) is 3.68. The van der Waals surface area contributed by atoms with E-state index >= 15 is 0 Å². The van der Waals surface area contributed by atoms with Crippen LogP contribution in [0.1, 0.15) is 43.9 Å². The lowest BCUT2D eigenvalue weighted by atomic mass is 9.84. The quantitative estimate of drug-likeness (QED) is 0.528. The van der Waals surface area contributed by atoms with Crippen LogP contribution in [0.4, 0.5) is 13.2 Å². The second-order valence-electron chi connectivity index (χ2n) is 7.67. The largest absolute Gasteiger partial charge is 0.416 e. The van der Waals surface area contributed by atoms with E-state index in [-0.39, 0.29) is 18.0 Å². The molecule has 1 aliphatic rings. The lowest BCUT2D eigenvalue weighted by Crippen LogP contribution is -2.44. The van der Waals surface area contributed by atoms with Crippen molar-refractivity contribution in [3.63, 3.8) is 0 Å². The summed E-state index contributed by atoms with van der Waals surface area (Å²) in [5, 5.41) is 6.57. The van der Waals surface area contributed by atoms with Crippen molar-refractivity contribution >= 4 is 5.96 Å². The van der Waals surface area contributed by atoms with Gasteiger partial charge in [-0.2, -0.15) is 13.2 Å². The van der Waals surface area contributed by atoms with E-state index < -0.39 is 11.7 Å². The second kappa shape index (κ2) is 10.8. The number of hydrogen-bond acceptors (Lipinski definition) is 3. The molecule has 0 saturated carbocycles. The first-order chi connectivity index (χ1) is 13.8.